The van der Waals surface area contributed by atoms with Crippen molar-refractivity contribution in [1.82, 2.24) is 10.2 Å². The molecule has 0 aliphatic rings. The monoisotopic (exact) mass is 201 g/mol. The van der Waals surface area contributed by atoms with Gasteiger partial charge in [-0.2, -0.15) is 0 Å². The summed E-state index contributed by atoms with van der Waals surface area (Å²) < 4.78 is 0. The molecule has 2 N–H and O–H groups in total. The smallest absolute Gasteiger partial charge is 0.205 e. The van der Waals surface area contributed by atoms with Crippen LogP contribution < -0.4 is 5.32 Å². The quantitative estimate of drug-likeness (QED) is 0.775. The third-order valence-electron chi connectivity index (χ3n) is 1.81. The second kappa shape index (κ2) is 4.02. The van der Waals surface area contributed by atoms with Crippen LogP contribution in [0, 0.1) is 5.41 Å². The van der Waals surface area contributed by atoms with Crippen LogP contribution in [0.5, 0.6) is 0 Å². The van der Waals surface area contributed by atoms with Crippen molar-refractivity contribution >= 4 is 16.5 Å². The fourth-order valence-corrected chi connectivity index (χ4v) is 1.20. The normalized spacial score (nSPS) is 14.2. The fourth-order valence-electron chi connectivity index (χ4n) is 0.740. The number of aromatic nitrogens is 2. The summed E-state index contributed by atoms with van der Waals surface area (Å²) in [5.41, 5.74) is 1.56. The molecule has 74 valence electrons. The molecular weight excluding hydrogens is 186 g/mol. The lowest BCUT2D eigenvalue weighted by Crippen LogP contribution is -2.32. The first kappa shape index (κ1) is 10.4. The summed E-state index contributed by atoms with van der Waals surface area (Å²) in [5, 5.41) is 21.0. The van der Waals surface area contributed by atoms with E-state index in [1.165, 1.54) is 11.3 Å². The first-order chi connectivity index (χ1) is 6.00. The topological polar surface area (TPSA) is 58.0 Å². The van der Waals surface area contributed by atoms with E-state index in [-0.39, 0.29) is 11.5 Å². The summed E-state index contributed by atoms with van der Waals surface area (Å²) in [6.45, 7) is 6.51. The van der Waals surface area contributed by atoms with Gasteiger partial charge in [-0.25, -0.2) is 0 Å². The third-order valence-corrected chi connectivity index (χ3v) is 2.46. The molecule has 0 aliphatic carbocycles. The van der Waals surface area contributed by atoms with Crippen molar-refractivity contribution in [1.29, 1.82) is 0 Å². The Hall–Kier alpha value is -0.680. The van der Waals surface area contributed by atoms with Crippen LogP contribution in [0.2, 0.25) is 0 Å². The van der Waals surface area contributed by atoms with Gasteiger partial charge in [0, 0.05) is 6.54 Å². The number of nitrogens with one attached hydrogen (secondary N) is 1. The van der Waals surface area contributed by atoms with Crippen LogP contribution in [0.1, 0.15) is 20.8 Å². The van der Waals surface area contributed by atoms with Crippen LogP contribution in [-0.4, -0.2) is 28.0 Å². The molecule has 0 aliphatic heterocycles. The maximum atomic E-state index is 9.68. The van der Waals surface area contributed by atoms with Gasteiger partial charge in [-0.05, 0) is 5.41 Å². The van der Waals surface area contributed by atoms with Gasteiger partial charge in [-0.15, -0.1) is 10.2 Å². The molecule has 1 aromatic heterocycles. The maximum Gasteiger partial charge on any atom is 0.205 e. The van der Waals surface area contributed by atoms with E-state index in [0.29, 0.717) is 6.54 Å². The lowest BCUT2D eigenvalue weighted by atomic mass is 9.89. The molecule has 0 radical (unpaired) electrons. The number of aliphatic hydroxyl groups is 1. The highest BCUT2D eigenvalue weighted by atomic mass is 32.1. The molecule has 0 spiro atoms. The van der Waals surface area contributed by atoms with Crippen molar-refractivity contribution in [2.24, 2.45) is 5.41 Å². The minimum absolute atomic E-state index is 0.0995. The van der Waals surface area contributed by atoms with E-state index in [2.05, 4.69) is 15.5 Å². The van der Waals surface area contributed by atoms with E-state index in [0.717, 1.165) is 5.13 Å². The number of nitrogens with zero attached hydrogens (tertiary/aromatic N) is 2. The molecule has 1 aromatic rings. The number of aliphatic hydroxyl groups excluding tert-OH is 1. The Morgan fingerprint density at radius 1 is 1.62 bits per heavy atom. The summed E-state index contributed by atoms with van der Waals surface area (Å²) >= 11 is 1.43. The molecule has 1 unspecified atom stereocenters. The average Bonchev–Trinajstić information content (AvgIpc) is 2.50. The van der Waals surface area contributed by atoms with Crippen LogP contribution in [0.4, 0.5) is 5.13 Å². The number of anilines is 1. The van der Waals surface area contributed by atoms with Gasteiger partial charge in [0.05, 0.1) is 6.10 Å². The Kier molecular flexibility index (Phi) is 3.22. The van der Waals surface area contributed by atoms with Crippen molar-refractivity contribution in [2.45, 2.75) is 26.9 Å². The van der Waals surface area contributed by atoms with Gasteiger partial charge >= 0.3 is 0 Å². The van der Waals surface area contributed by atoms with E-state index in [1.807, 2.05) is 20.8 Å². The summed E-state index contributed by atoms with van der Waals surface area (Å²) in [6.07, 6.45) is -0.378. The van der Waals surface area contributed by atoms with Crippen LogP contribution in [0.15, 0.2) is 5.51 Å². The standard InChI is InChI=1S/C8H15N3OS/c1-8(2,3)6(12)4-9-7-11-10-5-13-7/h5-6,12H,4H2,1-3H3,(H,9,11). The summed E-state index contributed by atoms with van der Waals surface area (Å²) in [6, 6.07) is 0. The Morgan fingerprint density at radius 3 is 2.77 bits per heavy atom. The molecule has 0 aromatic carbocycles. The van der Waals surface area contributed by atoms with Gasteiger partial charge in [0.1, 0.15) is 5.51 Å². The molecule has 1 heterocycles. The average molecular weight is 201 g/mol. The van der Waals surface area contributed by atoms with Gasteiger partial charge in [0.25, 0.3) is 0 Å². The Morgan fingerprint density at radius 2 is 2.31 bits per heavy atom. The van der Waals surface area contributed by atoms with E-state index in [4.69, 9.17) is 0 Å². The van der Waals surface area contributed by atoms with Gasteiger partial charge in [0.15, 0.2) is 0 Å². The lowest BCUT2D eigenvalue weighted by Gasteiger charge is -2.25. The van der Waals surface area contributed by atoms with Gasteiger partial charge in [-0.3, -0.25) is 0 Å². The van der Waals surface area contributed by atoms with Crippen molar-refractivity contribution in [2.75, 3.05) is 11.9 Å². The zero-order valence-electron chi connectivity index (χ0n) is 8.11. The minimum Gasteiger partial charge on any atom is -0.391 e. The highest BCUT2D eigenvalue weighted by Gasteiger charge is 2.21. The Labute approximate surface area is 82.0 Å². The Bertz CT molecular complexity index is 242. The first-order valence-corrected chi connectivity index (χ1v) is 5.06. The molecule has 0 amide bonds. The number of hydrogen-bond donors (Lipinski definition) is 2. The molecule has 4 nitrogen and oxygen atoms in total. The third kappa shape index (κ3) is 3.28. The number of hydrogen-bond acceptors (Lipinski definition) is 5. The number of rotatable bonds is 3. The predicted octanol–water partition coefficient (Wildman–Crippen LogP) is 1.36. The molecule has 0 saturated carbocycles. The van der Waals surface area contributed by atoms with Crippen molar-refractivity contribution < 1.29 is 5.11 Å². The van der Waals surface area contributed by atoms with E-state index in [1.54, 1.807) is 5.51 Å². The lowest BCUT2D eigenvalue weighted by molar-refractivity contribution is 0.0746. The minimum atomic E-state index is -0.378. The van der Waals surface area contributed by atoms with Crippen molar-refractivity contribution in [3.8, 4) is 0 Å². The van der Waals surface area contributed by atoms with E-state index >= 15 is 0 Å². The molecule has 5 heteroatoms. The molecular formula is C8H15N3OS. The van der Waals surface area contributed by atoms with Crippen molar-refractivity contribution in [3.05, 3.63) is 5.51 Å². The van der Waals surface area contributed by atoms with Crippen LogP contribution >= 0.6 is 11.3 Å². The SMILES string of the molecule is CC(C)(C)C(O)CNc1nncs1. The van der Waals surface area contributed by atoms with Gasteiger partial charge in [-0.1, -0.05) is 32.1 Å². The molecule has 0 fully saturated rings. The second-order valence-corrected chi connectivity index (χ2v) is 4.84. The van der Waals surface area contributed by atoms with E-state index < -0.39 is 0 Å². The highest BCUT2D eigenvalue weighted by Crippen LogP contribution is 2.19. The van der Waals surface area contributed by atoms with Crippen molar-refractivity contribution in [3.63, 3.8) is 0 Å². The molecule has 13 heavy (non-hydrogen) atoms. The van der Waals surface area contributed by atoms with Crippen LogP contribution in [-0.2, 0) is 0 Å². The molecule has 0 saturated heterocycles. The first-order valence-electron chi connectivity index (χ1n) is 4.18. The van der Waals surface area contributed by atoms with Crippen LogP contribution in [0.3, 0.4) is 0 Å². The largest absolute Gasteiger partial charge is 0.391 e. The maximum absolute atomic E-state index is 9.68. The summed E-state index contributed by atoms with van der Waals surface area (Å²) in [7, 11) is 0. The molecule has 0 bridgehead atoms. The molecule has 1 atom stereocenters. The second-order valence-electron chi connectivity index (χ2n) is 4.01. The van der Waals surface area contributed by atoms with Gasteiger partial charge in [0.2, 0.25) is 5.13 Å². The van der Waals surface area contributed by atoms with E-state index in [9.17, 15) is 5.11 Å². The predicted molar refractivity (Wildman–Crippen MR) is 53.9 cm³/mol. The fraction of sp³-hybridized carbons (Fsp3) is 0.750. The van der Waals surface area contributed by atoms with Crippen LogP contribution in [0.25, 0.3) is 0 Å². The zero-order valence-corrected chi connectivity index (χ0v) is 8.93. The summed E-state index contributed by atoms with van der Waals surface area (Å²) in [5.74, 6) is 0. The Balaban J connectivity index is 2.35. The summed E-state index contributed by atoms with van der Waals surface area (Å²) in [4.78, 5) is 0. The van der Waals surface area contributed by atoms with Gasteiger partial charge < -0.3 is 10.4 Å². The highest BCUT2D eigenvalue weighted by molar-refractivity contribution is 7.13. The molecule has 1 rings (SSSR count). The zero-order chi connectivity index (χ0) is 9.90.